The largest absolute Gasteiger partial charge is 0.508 e. The highest BCUT2D eigenvalue weighted by molar-refractivity contribution is 6.10. The average molecular weight is 267 g/mol. The van der Waals surface area contributed by atoms with Crippen molar-refractivity contribution in [2.24, 2.45) is 0 Å². The van der Waals surface area contributed by atoms with Gasteiger partial charge in [-0.3, -0.25) is 4.79 Å². The van der Waals surface area contributed by atoms with Gasteiger partial charge < -0.3 is 10.0 Å². The Morgan fingerprint density at radius 3 is 2.60 bits per heavy atom. The summed E-state index contributed by atoms with van der Waals surface area (Å²) < 4.78 is 0. The summed E-state index contributed by atoms with van der Waals surface area (Å²) in [6.45, 7) is 4.69. The molecule has 0 saturated heterocycles. The molecule has 0 spiro atoms. The minimum absolute atomic E-state index is 0.0446. The highest BCUT2D eigenvalue weighted by Gasteiger charge is 2.30. The fraction of sp³-hybridized carbons (Fsp3) is 0.235. The summed E-state index contributed by atoms with van der Waals surface area (Å²) >= 11 is 0. The molecule has 3 heteroatoms. The molecule has 0 saturated carbocycles. The zero-order chi connectivity index (χ0) is 14.3. The molecule has 1 aliphatic heterocycles. The molecule has 0 atom stereocenters. The number of hydrogen-bond donors (Lipinski definition) is 1. The number of rotatable bonds is 2. The number of hydrogen-bond acceptors (Lipinski definition) is 2. The number of nitrogens with zero attached hydrogens (tertiary/aromatic N) is 1. The first-order valence-electron chi connectivity index (χ1n) is 6.80. The Labute approximate surface area is 118 Å². The van der Waals surface area contributed by atoms with Crippen LogP contribution < -0.4 is 4.90 Å². The second-order valence-corrected chi connectivity index (χ2v) is 5.44. The Morgan fingerprint density at radius 2 is 1.90 bits per heavy atom. The van der Waals surface area contributed by atoms with Crippen LogP contribution in [0.3, 0.4) is 0 Å². The summed E-state index contributed by atoms with van der Waals surface area (Å²) in [6, 6.07) is 13.1. The van der Waals surface area contributed by atoms with E-state index < -0.39 is 0 Å². The van der Waals surface area contributed by atoms with Gasteiger partial charge in [0, 0.05) is 16.8 Å². The quantitative estimate of drug-likeness (QED) is 0.901. The summed E-state index contributed by atoms with van der Waals surface area (Å²) in [7, 11) is 0. The number of anilines is 1. The topological polar surface area (TPSA) is 40.5 Å². The van der Waals surface area contributed by atoms with Gasteiger partial charge in [-0.1, -0.05) is 32.0 Å². The lowest BCUT2D eigenvalue weighted by molar-refractivity contribution is 0.0996. The van der Waals surface area contributed by atoms with Crippen LogP contribution in [-0.4, -0.2) is 11.0 Å². The molecule has 1 aliphatic rings. The summed E-state index contributed by atoms with van der Waals surface area (Å²) in [6.07, 6.45) is 0. The fourth-order valence-electron chi connectivity index (χ4n) is 2.58. The first kappa shape index (κ1) is 12.7. The Balaban J connectivity index is 2.00. The van der Waals surface area contributed by atoms with Crippen LogP contribution in [0, 0.1) is 0 Å². The molecule has 3 nitrogen and oxygen atoms in total. The predicted octanol–water partition coefficient (Wildman–Crippen LogP) is 3.68. The molecular formula is C17H17NO2. The number of carbonyl (C=O) groups excluding carboxylic acids is 1. The maximum atomic E-state index is 12.4. The van der Waals surface area contributed by atoms with Gasteiger partial charge >= 0.3 is 0 Å². The van der Waals surface area contributed by atoms with Crippen molar-refractivity contribution in [1.82, 2.24) is 0 Å². The highest BCUT2D eigenvalue weighted by atomic mass is 16.3. The van der Waals surface area contributed by atoms with E-state index in [0.717, 1.165) is 5.69 Å². The van der Waals surface area contributed by atoms with Crippen LogP contribution in [0.4, 0.5) is 5.69 Å². The van der Waals surface area contributed by atoms with Crippen LogP contribution in [0.2, 0.25) is 0 Å². The van der Waals surface area contributed by atoms with E-state index in [1.54, 1.807) is 23.1 Å². The molecule has 102 valence electrons. The molecule has 0 bridgehead atoms. The van der Waals surface area contributed by atoms with Gasteiger partial charge in [-0.05, 0) is 35.7 Å². The molecule has 0 aliphatic carbocycles. The van der Waals surface area contributed by atoms with Gasteiger partial charge in [0.1, 0.15) is 5.75 Å². The van der Waals surface area contributed by atoms with E-state index >= 15 is 0 Å². The third-order valence-electron chi connectivity index (χ3n) is 3.79. The molecular weight excluding hydrogens is 250 g/mol. The molecule has 1 heterocycles. The van der Waals surface area contributed by atoms with Gasteiger partial charge in [0.15, 0.2) is 0 Å². The van der Waals surface area contributed by atoms with Gasteiger partial charge in [-0.15, -0.1) is 0 Å². The van der Waals surface area contributed by atoms with E-state index in [2.05, 4.69) is 19.9 Å². The Morgan fingerprint density at radius 1 is 1.15 bits per heavy atom. The van der Waals surface area contributed by atoms with Crippen LogP contribution in [0.15, 0.2) is 42.5 Å². The van der Waals surface area contributed by atoms with Crippen molar-refractivity contribution in [2.75, 3.05) is 4.90 Å². The van der Waals surface area contributed by atoms with Gasteiger partial charge in [-0.25, -0.2) is 0 Å². The lowest BCUT2D eigenvalue weighted by Gasteiger charge is -2.17. The Hall–Kier alpha value is -2.29. The van der Waals surface area contributed by atoms with Crippen molar-refractivity contribution >= 4 is 11.6 Å². The van der Waals surface area contributed by atoms with Gasteiger partial charge in [0.2, 0.25) is 0 Å². The number of aromatic hydroxyl groups is 1. The lowest BCUT2D eigenvalue weighted by Crippen LogP contribution is -2.23. The molecule has 2 aromatic rings. The molecule has 20 heavy (non-hydrogen) atoms. The van der Waals surface area contributed by atoms with Crippen LogP contribution in [0.25, 0.3) is 0 Å². The van der Waals surface area contributed by atoms with Gasteiger partial charge in [0.05, 0.1) is 6.54 Å². The molecule has 0 radical (unpaired) electrons. The smallest absolute Gasteiger partial charge is 0.259 e. The van der Waals surface area contributed by atoms with Crippen molar-refractivity contribution in [3.63, 3.8) is 0 Å². The van der Waals surface area contributed by atoms with Crippen molar-refractivity contribution in [2.45, 2.75) is 26.3 Å². The van der Waals surface area contributed by atoms with Crippen LogP contribution in [-0.2, 0) is 6.54 Å². The summed E-state index contributed by atoms with van der Waals surface area (Å²) in [5.74, 6) is 0.568. The van der Waals surface area contributed by atoms with E-state index in [4.69, 9.17) is 0 Å². The van der Waals surface area contributed by atoms with E-state index in [0.29, 0.717) is 23.6 Å². The normalized spacial score (nSPS) is 13.9. The van der Waals surface area contributed by atoms with Crippen molar-refractivity contribution in [1.29, 1.82) is 0 Å². The van der Waals surface area contributed by atoms with E-state index in [1.807, 2.05) is 18.2 Å². The number of amides is 1. The predicted molar refractivity (Wildman–Crippen MR) is 79.2 cm³/mol. The first-order chi connectivity index (χ1) is 9.58. The third-order valence-corrected chi connectivity index (χ3v) is 3.79. The Bertz CT molecular complexity index is 676. The minimum atomic E-state index is -0.0446. The molecule has 3 rings (SSSR count). The number of phenols is 1. The molecule has 0 aromatic heterocycles. The summed E-state index contributed by atoms with van der Waals surface area (Å²) in [5.41, 5.74) is 3.40. The standard InChI is InChI=1S/C17H17NO2/c1-11(2)12-5-3-6-13(9-12)18-10-15-14(17(18)20)7-4-8-16(15)19/h3-9,11,19H,10H2,1-2H3. The van der Waals surface area contributed by atoms with Gasteiger partial charge in [-0.2, -0.15) is 0 Å². The first-order valence-corrected chi connectivity index (χ1v) is 6.80. The van der Waals surface area contributed by atoms with Crippen LogP contribution >= 0.6 is 0 Å². The molecule has 0 fully saturated rings. The zero-order valence-electron chi connectivity index (χ0n) is 11.6. The summed E-state index contributed by atoms with van der Waals surface area (Å²) in [5, 5.41) is 9.88. The van der Waals surface area contributed by atoms with Crippen molar-refractivity contribution in [3.8, 4) is 5.75 Å². The number of benzene rings is 2. The maximum Gasteiger partial charge on any atom is 0.259 e. The second kappa shape index (κ2) is 4.67. The van der Waals surface area contributed by atoms with E-state index in [-0.39, 0.29) is 11.7 Å². The molecule has 1 amide bonds. The summed E-state index contributed by atoms with van der Waals surface area (Å²) in [4.78, 5) is 14.2. The number of carbonyl (C=O) groups is 1. The second-order valence-electron chi connectivity index (χ2n) is 5.44. The third kappa shape index (κ3) is 1.95. The monoisotopic (exact) mass is 267 g/mol. The van der Waals surface area contributed by atoms with Crippen molar-refractivity contribution in [3.05, 3.63) is 59.2 Å². The zero-order valence-corrected chi connectivity index (χ0v) is 11.6. The number of phenolic OH excluding ortho intramolecular Hbond substituents is 1. The number of fused-ring (bicyclic) bond motifs is 1. The molecule has 0 unspecified atom stereocenters. The van der Waals surface area contributed by atoms with E-state index in [9.17, 15) is 9.90 Å². The average Bonchev–Trinajstić information content (AvgIpc) is 2.78. The van der Waals surface area contributed by atoms with E-state index in [1.165, 1.54) is 5.56 Å². The minimum Gasteiger partial charge on any atom is -0.508 e. The molecule has 1 N–H and O–H groups in total. The highest BCUT2D eigenvalue weighted by Crippen LogP contribution is 2.34. The van der Waals surface area contributed by atoms with Crippen LogP contribution in [0.5, 0.6) is 5.75 Å². The van der Waals surface area contributed by atoms with Gasteiger partial charge in [0.25, 0.3) is 5.91 Å². The van der Waals surface area contributed by atoms with Crippen molar-refractivity contribution < 1.29 is 9.90 Å². The van der Waals surface area contributed by atoms with Crippen LogP contribution in [0.1, 0.15) is 41.3 Å². The maximum absolute atomic E-state index is 12.4. The Kier molecular flexibility index (Phi) is 2.97. The SMILES string of the molecule is CC(C)c1cccc(N2Cc3c(O)cccc3C2=O)c1. The fourth-order valence-corrected chi connectivity index (χ4v) is 2.58. The lowest BCUT2D eigenvalue weighted by atomic mass is 10.0. The molecule has 2 aromatic carbocycles.